The molecule has 2 nitrogen and oxygen atoms in total. The summed E-state index contributed by atoms with van der Waals surface area (Å²) in [6.07, 6.45) is -2.37. The van der Waals surface area contributed by atoms with Crippen LogP contribution in [-0.2, 0) is 6.18 Å². The van der Waals surface area contributed by atoms with Crippen LogP contribution in [0.15, 0.2) is 18.2 Å². The Morgan fingerprint density at radius 3 is 2.35 bits per heavy atom. The number of piperidine rings is 3. The van der Waals surface area contributed by atoms with Crippen LogP contribution in [0.2, 0.25) is 0 Å². The van der Waals surface area contributed by atoms with Crippen molar-refractivity contribution in [2.45, 2.75) is 25.1 Å². The fraction of sp³-hybridized carbons (Fsp3) is 0.571. The van der Waals surface area contributed by atoms with E-state index >= 15 is 0 Å². The van der Waals surface area contributed by atoms with E-state index < -0.39 is 17.6 Å². The lowest BCUT2D eigenvalue weighted by Crippen LogP contribution is -2.53. The van der Waals surface area contributed by atoms with E-state index in [9.17, 15) is 17.6 Å². The van der Waals surface area contributed by atoms with Crippen molar-refractivity contribution in [1.82, 2.24) is 4.90 Å². The van der Waals surface area contributed by atoms with Gasteiger partial charge in [0.25, 0.3) is 0 Å². The van der Waals surface area contributed by atoms with Crippen LogP contribution < -0.4 is 5.32 Å². The summed E-state index contributed by atoms with van der Waals surface area (Å²) >= 11 is 0. The number of nitrogens with one attached hydrogen (secondary N) is 1. The van der Waals surface area contributed by atoms with E-state index in [1.807, 2.05) is 0 Å². The van der Waals surface area contributed by atoms with Crippen LogP contribution in [-0.4, -0.2) is 30.6 Å². The summed E-state index contributed by atoms with van der Waals surface area (Å²) in [5.41, 5.74) is -0.786. The van der Waals surface area contributed by atoms with E-state index in [0.717, 1.165) is 38.5 Å². The van der Waals surface area contributed by atoms with Crippen LogP contribution in [0, 0.1) is 11.7 Å². The fourth-order valence-electron chi connectivity index (χ4n) is 3.14. The monoisotopic (exact) mass is 288 g/mol. The molecule has 0 saturated carbocycles. The standard InChI is InChI=1S/C14H16F4N2/c15-11-7-10(14(16,17)18)1-2-12(11)19-13-8-20-5-3-9(13)4-6-20/h1-2,7,9,13,19H,3-6,8H2. The summed E-state index contributed by atoms with van der Waals surface area (Å²) in [6, 6.07) is 2.80. The van der Waals surface area contributed by atoms with Gasteiger partial charge in [0, 0.05) is 12.6 Å². The molecule has 1 N–H and O–H groups in total. The number of anilines is 1. The molecule has 3 saturated heterocycles. The van der Waals surface area contributed by atoms with E-state index in [1.165, 1.54) is 6.07 Å². The number of alkyl halides is 3. The molecule has 0 spiro atoms. The summed E-state index contributed by atoms with van der Waals surface area (Å²) in [7, 11) is 0. The first kappa shape index (κ1) is 13.7. The second-order valence-corrected chi connectivity index (χ2v) is 5.58. The quantitative estimate of drug-likeness (QED) is 0.840. The number of rotatable bonds is 2. The van der Waals surface area contributed by atoms with Crippen molar-refractivity contribution < 1.29 is 17.6 Å². The Balaban J connectivity index is 1.75. The van der Waals surface area contributed by atoms with E-state index in [-0.39, 0.29) is 11.7 Å². The Labute approximate surface area is 114 Å². The maximum Gasteiger partial charge on any atom is 0.416 e. The molecule has 3 fully saturated rings. The molecular formula is C14H16F4N2. The lowest BCUT2D eigenvalue weighted by molar-refractivity contribution is -0.137. The third kappa shape index (κ3) is 2.61. The van der Waals surface area contributed by atoms with E-state index in [1.54, 1.807) is 0 Å². The molecule has 1 aromatic carbocycles. The van der Waals surface area contributed by atoms with Gasteiger partial charge in [0.05, 0.1) is 11.3 Å². The summed E-state index contributed by atoms with van der Waals surface area (Å²) in [4.78, 5) is 2.31. The second kappa shape index (κ2) is 4.91. The smallest absolute Gasteiger partial charge is 0.378 e. The SMILES string of the molecule is Fc1cc(C(F)(F)F)ccc1NC1CN2CCC1CC2. The first-order valence-electron chi connectivity index (χ1n) is 6.79. The topological polar surface area (TPSA) is 15.3 Å². The van der Waals surface area contributed by atoms with Gasteiger partial charge in [-0.05, 0) is 50.0 Å². The van der Waals surface area contributed by atoms with Gasteiger partial charge in [0.1, 0.15) is 5.82 Å². The van der Waals surface area contributed by atoms with Crippen molar-refractivity contribution in [3.8, 4) is 0 Å². The van der Waals surface area contributed by atoms with Gasteiger partial charge < -0.3 is 10.2 Å². The molecule has 2 bridgehead atoms. The van der Waals surface area contributed by atoms with Crippen LogP contribution >= 0.6 is 0 Å². The van der Waals surface area contributed by atoms with Gasteiger partial charge in [-0.2, -0.15) is 13.2 Å². The van der Waals surface area contributed by atoms with Crippen molar-refractivity contribution in [3.63, 3.8) is 0 Å². The maximum absolute atomic E-state index is 13.8. The molecule has 3 aliphatic heterocycles. The van der Waals surface area contributed by atoms with Gasteiger partial charge in [0.2, 0.25) is 0 Å². The minimum absolute atomic E-state index is 0.128. The van der Waals surface area contributed by atoms with Crippen molar-refractivity contribution in [1.29, 1.82) is 0 Å². The van der Waals surface area contributed by atoms with Crippen molar-refractivity contribution in [3.05, 3.63) is 29.6 Å². The maximum atomic E-state index is 13.8. The van der Waals surface area contributed by atoms with Crippen molar-refractivity contribution >= 4 is 5.69 Å². The van der Waals surface area contributed by atoms with Gasteiger partial charge in [-0.25, -0.2) is 4.39 Å². The van der Waals surface area contributed by atoms with Crippen LogP contribution in [0.3, 0.4) is 0 Å². The molecule has 1 aromatic rings. The highest BCUT2D eigenvalue weighted by Crippen LogP contribution is 2.33. The molecule has 0 aromatic heterocycles. The van der Waals surface area contributed by atoms with Crippen LogP contribution in [0.1, 0.15) is 18.4 Å². The molecule has 0 amide bonds. The van der Waals surface area contributed by atoms with Crippen molar-refractivity contribution in [2.75, 3.05) is 25.0 Å². The number of fused-ring (bicyclic) bond motifs is 3. The molecule has 4 rings (SSSR count). The lowest BCUT2D eigenvalue weighted by Gasteiger charge is -2.45. The summed E-state index contributed by atoms with van der Waals surface area (Å²) < 4.78 is 51.3. The predicted octanol–water partition coefficient (Wildman–Crippen LogP) is 3.35. The summed E-state index contributed by atoms with van der Waals surface area (Å²) in [5, 5.41) is 3.08. The molecule has 0 aliphatic carbocycles. The Morgan fingerprint density at radius 1 is 1.15 bits per heavy atom. The van der Waals surface area contributed by atoms with Gasteiger partial charge in [-0.1, -0.05) is 0 Å². The normalized spacial score (nSPS) is 29.5. The van der Waals surface area contributed by atoms with E-state index in [0.29, 0.717) is 12.0 Å². The zero-order valence-corrected chi connectivity index (χ0v) is 10.9. The molecule has 110 valence electrons. The molecule has 6 heteroatoms. The number of nitrogens with zero attached hydrogens (tertiary/aromatic N) is 1. The van der Waals surface area contributed by atoms with Gasteiger partial charge in [-0.15, -0.1) is 0 Å². The summed E-state index contributed by atoms with van der Waals surface area (Å²) in [5.74, 6) is -0.349. The Kier molecular flexibility index (Phi) is 3.36. The first-order chi connectivity index (χ1) is 9.43. The van der Waals surface area contributed by atoms with Crippen LogP contribution in [0.4, 0.5) is 23.2 Å². The molecule has 1 atom stereocenters. The van der Waals surface area contributed by atoms with Gasteiger partial charge in [0.15, 0.2) is 0 Å². The average Bonchev–Trinajstić information content (AvgIpc) is 2.41. The highest BCUT2D eigenvalue weighted by atomic mass is 19.4. The van der Waals surface area contributed by atoms with Crippen LogP contribution in [0.25, 0.3) is 0 Å². The summed E-state index contributed by atoms with van der Waals surface area (Å²) in [6.45, 7) is 2.97. The third-order valence-corrected chi connectivity index (χ3v) is 4.29. The van der Waals surface area contributed by atoms with E-state index in [2.05, 4.69) is 10.2 Å². The number of hydrogen-bond donors (Lipinski definition) is 1. The average molecular weight is 288 g/mol. The Bertz CT molecular complexity index is 492. The Hall–Kier alpha value is -1.30. The number of halogens is 4. The predicted molar refractivity (Wildman–Crippen MR) is 68.0 cm³/mol. The fourth-order valence-corrected chi connectivity index (χ4v) is 3.14. The highest BCUT2D eigenvalue weighted by molar-refractivity contribution is 5.48. The van der Waals surface area contributed by atoms with Crippen molar-refractivity contribution in [2.24, 2.45) is 5.92 Å². The third-order valence-electron chi connectivity index (χ3n) is 4.29. The minimum atomic E-state index is -4.50. The largest absolute Gasteiger partial charge is 0.416 e. The van der Waals surface area contributed by atoms with E-state index in [4.69, 9.17) is 0 Å². The lowest BCUT2D eigenvalue weighted by atomic mass is 9.84. The molecule has 1 unspecified atom stereocenters. The first-order valence-corrected chi connectivity index (χ1v) is 6.79. The zero-order chi connectivity index (χ0) is 14.3. The minimum Gasteiger partial charge on any atom is -0.378 e. The van der Waals surface area contributed by atoms with Gasteiger partial charge in [-0.3, -0.25) is 0 Å². The number of hydrogen-bond acceptors (Lipinski definition) is 2. The second-order valence-electron chi connectivity index (χ2n) is 5.58. The highest BCUT2D eigenvalue weighted by Gasteiger charge is 2.35. The molecule has 3 heterocycles. The zero-order valence-electron chi connectivity index (χ0n) is 10.9. The number of benzene rings is 1. The molecule has 0 radical (unpaired) electrons. The molecule has 20 heavy (non-hydrogen) atoms. The van der Waals surface area contributed by atoms with Gasteiger partial charge >= 0.3 is 6.18 Å². The van der Waals surface area contributed by atoms with Crippen LogP contribution in [0.5, 0.6) is 0 Å². The Morgan fingerprint density at radius 2 is 1.85 bits per heavy atom. The molecular weight excluding hydrogens is 272 g/mol. The molecule has 3 aliphatic rings.